The minimum Gasteiger partial charge on any atom is -0.457 e. The Labute approximate surface area is 231 Å². The first kappa shape index (κ1) is 27.3. The second-order valence-electron chi connectivity index (χ2n) is 13.9. The SMILES string of the molecule is CC(C)C(=O)OCC(=O)[C@@]12O[C@H](C3CCCCC3)OC1CC1C3CCC4=CC(=O)C=C[C@]4(C)C3[C@@H](O)C[C@@]12C. The van der Waals surface area contributed by atoms with Gasteiger partial charge in [0.15, 0.2) is 24.3 Å². The molecule has 0 spiro atoms. The molecular weight excluding hydrogens is 496 g/mol. The summed E-state index contributed by atoms with van der Waals surface area (Å²) in [7, 11) is 0. The molecule has 1 N–H and O–H groups in total. The number of ketones is 2. The number of fused-ring (bicyclic) bond motifs is 7. The molecule has 9 atom stereocenters. The van der Waals surface area contributed by atoms with Crippen molar-refractivity contribution in [2.75, 3.05) is 6.61 Å². The van der Waals surface area contributed by atoms with E-state index >= 15 is 0 Å². The number of aliphatic hydroxyl groups excluding tert-OH is 1. The Bertz CT molecular complexity index is 1100. The quantitative estimate of drug-likeness (QED) is 0.505. The average Bonchev–Trinajstić information content (AvgIpc) is 3.41. The number of carbonyl (C=O) groups excluding carboxylic acids is 3. The van der Waals surface area contributed by atoms with Crippen LogP contribution in [-0.2, 0) is 28.6 Å². The summed E-state index contributed by atoms with van der Waals surface area (Å²) in [5.74, 6) is -0.471. The summed E-state index contributed by atoms with van der Waals surface area (Å²) >= 11 is 0. The van der Waals surface area contributed by atoms with Crippen molar-refractivity contribution in [1.82, 2.24) is 0 Å². The van der Waals surface area contributed by atoms with Crippen LogP contribution in [-0.4, -0.2) is 53.3 Å². The van der Waals surface area contributed by atoms with Crippen LogP contribution in [0.1, 0.15) is 85.5 Å². The van der Waals surface area contributed by atoms with Gasteiger partial charge in [-0.25, -0.2) is 0 Å². The van der Waals surface area contributed by atoms with Crippen LogP contribution in [0.4, 0.5) is 0 Å². The number of ether oxygens (including phenoxy) is 3. The summed E-state index contributed by atoms with van der Waals surface area (Å²) in [6.07, 6.45) is 12.2. The molecule has 39 heavy (non-hydrogen) atoms. The summed E-state index contributed by atoms with van der Waals surface area (Å²) in [4.78, 5) is 38.7. The van der Waals surface area contributed by atoms with Crippen molar-refractivity contribution in [2.24, 2.45) is 40.4 Å². The molecular formula is C32H44O7. The van der Waals surface area contributed by atoms with Crippen LogP contribution in [0, 0.1) is 40.4 Å². The summed E-state index contributed by atoms with van der Waals surface area (Å²) < 4.78 is 19.0. The van der Waals surface area contributed by atoms with Crippen LogP contribution in [0.25, 0.3) is 0 Å². The topological polar surface area (TPSA) is 99.1 Å². The second-order valence-corrected chi connectivity index (χ2v) is 13.9. The maximum Gasteiger partial charge on any atom is 0.308 e. The smallest absolute Gasteiger partial charge is 0.308 e. The van der Waals surface area contributed by atoms with E-state index < -0.39 is 35.5 Å². The summed E-state index contributed by atoms with van der Waals surface area (Å²) in [6, 6.07) is 0. The first-order chi connectivity index (χ1) is 18.5. The van der Waals surface area contributed by atoms with Crippen LogP contribution >= 0.6 is 0 Å². The molecule has 6 rings (SSSR count). The zero-order valence-electron chi connectivity index (χ0n) is 23.8. The highest BCUT2D eigenvalue weighted by molar-refractivity contribution is 6.01. The van der Waals surface area contributed by atoms with E-state index in [1.54, 1.807) is 26.0 Å². The Morgan fingerprint density at radius 1 is 1.15 bits per heavy atom. The number of hydrogen-bond acceptors (Lipinski definition) is 7. The lowest BCUT2D eigenvalue weighted by Gasteiger charge is -2.59. The van der Waals surface area contributed by atoms with Crippen molar-refractivity contribution in [1.29, 1.82) is 0 Å². The normalized spacial score (nSPS) is 45.3. The molecule has 4 saturated carbocycles. The fourth-order valence-corrected chi connectivity index (χ4v) is 9.62. The number of rotatable bonds is 5. The van der Waals surface area contributed by atoms with Crippen LogP contribution in [0.2, 0.25) is 0 Å². The second kappa shape index (κ2) is 9.63. The van der Waals surface area contributed by atoms with E-state index in [9.17, 15) is 19.5 Å². The molecule has 7 nitrogen and oxygen atoms in total. The molecule has 4 unspecified atom stereocenters. The molecule has 0 amide bonds. The minimum absolute atomic E-state index is 0.0162. The monoisotopic (exact) mass is 540 g/mol. The average molecular weight is 541 g/mol. The standard InChI is InChI=1S/C32H44O7/c1-18(2)28(36)37-17-25(35)32-26(38-29(39-32)19-8-6-5-7-9-19)15-23-22-11-10-20-14-21(33)12-13-30(20,3)27(22)24(34)16-31(23,32)4/h12-14,18-19,22-24,26-27,29,34H,5-11,15-17H2,1-4H3/t22?,23?,24-,26?,27?,29+,30-,31-,32+/m0/s1. The fraction of sp³-hybridized carbons (Fsp3) is 0.781. The van der Waals surface area contributed by atoms with E-state index in [1.165, 1.54) is 6.42 Å². The molecule has 0 bridgehead atoms. The van der Waals surface area contributed by atoms with E-state index in [0.717, 1.165) is 44.1 Å². The molecule has 1 saturated heterocycles. The predicted octanol–water partition coefficient (Wildman–Crippen LogP) is 4.70. The van der Waals surface area contributed by atoms with Crippen molar-refractivity contribution in [2.45, 2.75) is 110 Å². The Kier molecular flexibility index (Phi) is 6.75. The van der Waals surface area contributed by atoms with Gasteiger partial charge in [0.1, 0.15) is 0 Å². The number of hydrogen-bond donors (Lipinski definition) is 1. The van der Waals surface area contributed by atoms with Crippen LogP contribution in [0.5, 0.6) is 0 Å². The molecule has 214 valence electrons. The van der Waals surface area contributed by atoms with Gasteiger partial charge in [-0.15, -0.1) is 0 Å². The van der Waals surface area contributed by atoms with E-state index in [1.807, 2.05) is 6.08 Å². The van der Waals surface area contributed by atoms with Gasteiger partial charge < -0.3 is 19.3 Å². The van der Waals surface area contributed by atoms with Gasteiger partial charge in [-0.2, -0.15) is 0 Å². The van der Waals surface area contributed by atoms with Crippen molar-refractivity contribution in [3.63, 3.8) is 0 Å². The van der Waals surface area contributed by atoms with Crippen LogP contribution < -0.4 is 0 Å². The Morgan fingerprint density at radius 3 is 2.62 bits per heavy atom. The Hall–Kier alpha value is -1.83. The van der Waals surface area contributed by atoms with Crippen molar-refractivity contribution < 1.29 is 33.7 Å². The number of Topliss-reactive ketones (excluding diaryl/α,β-unsaturated/α-hetero) is 1. The Morgan fingerprint density at radius 2 is 1.90 bits per heavy atom. The van der Waals surface area contributed by atoms with Crippen molar-refractivity contribution >= 4 is 17.5 Å². The molecule has 1 aliphatic heterocycles. The molecule has 1 heterocycles. The van der Waals surface area contributed by atoms with Gasteiger partial charge in [0, 0.05) is 22.7 Å². The van der Waals surface area contributed by atoms with Gasteiger partial charge in [0.05, 0.1) is 18.1 Å². The number of carbonyl (C=O) groups is 3. The molecule has 0 aromatic rings. The minimum atomic E-state index is -1.25. The van der Waals surface area contributed by atoms with Crippen molar-refractivity contribution in [3.05, 3.63) is 23.8 Å². The zero-order valence-corrected chi connectivity index (χ0v) is 23.8. The molecule has 5 aliphatic carbocycles. The van der Waals surface area contributed by atoms with Gasteiger partial charge in [-0.05, 0) is 62.5 Å². The molecule has 0 aromatic carbocycles. The molecule has 7 heteroatoms. The third-order valence-corrected chi connectivity index (χ3v) is 11.5. The zero-order chi connectivity index (χ0) is 27.7. The highest BCUT2D eigenvalue weighted by Crippen LogP contribution is 2.70. The third-order valence-electron chi connectivity index (χ3n) is 11.5. The molecule has 0 radical (unpaired) electrons. The molecule has 0 aromatic heterocycles. The largest absolute Gasteiger partial charge is 0.457 e. The van der Waals surface area contributed by atoms with Gasteiger partial charge in [-0.3, -0.25) is 14.4 Å². The first-order valence-corrected chi connectivity index (χ1v) is 15.2. The lowest BCUT2D eigenvalue weighted by molar-refractivity contribution is -0.210. The van der Waals surface area contributed by atoms with Crippen LogP contribution in [0.15, 0.2) is 23.8 Å². The Balaban J connectivity index is 1.35. The maximum absolute atomic E-state index is 14.2. The van der Waals surface area contributed by atoms with Gasteiger partial charge in [-0.1, -0.05) is 58.6 Å². The lowest BCUT2D eigenvalue weighted by Crippen LogP contribution is -2.63. The van der Waals surface area contributed by atoms with E-state index in [0.29, 0.717) is 12.8 Å². The van der Waals surface area contributed by atoms with Gasteiger partial charge >= 0.3 is 5.97 Å². The summed E-state index contributed by atoms with van der Waals surface area (Å²) in [5, 5.41) is 11.9. The van der Waals surface area contributed by atoms with Crippen molar-refractivity contribution in [3.8, 4) is 0 Å². The fourth-order valence-electron chi connectivity index (χ4n) is 9.62. The van der Waals surface area contributed by atoms with E-state index in [2.05, 4.69) is 13.8 Å². The highest BCUT2D eigenvalue weighted by atomic mass is 16.7. The maximum atomic E-state index is 14.2. The lowest BCUT2D eigenvalue weighted by atomic mass is 9.46. The van der Waals surface area contributed by atoms with Crippen LogP contribution in [0.3, 0.4) is 0 Å². The summed E-state index contributed by atoms with van der Waals surface area (Å²) in [5.41, 5.74) is -1.19. The molecule has 6 aliphatic rings. The first-order valence-electron chi connectivity index (χ1n) is 15.2. The predicted molar refractivity (Wildman–Crippen MR) is 143 cm³/mol. The number of allylic oxidation sites excluding steroid dienone is 4. The van der Waals surface area contributed by atoms with Gasteiger partial charge in [0.25, 0.3) is 0 Å². The number of esters is 1. The summed E-state index contributed by atoms with van der Waals surface area (Å²) in [6.45, 7) is 7.44. The van der Waals surface area contributed by atoms with Gasteiger partial charge in [0.2, 0.25) is 5.78 Å². The van der Waals surface area contributed by atoms with E-state index in [-0.39, 0.29) is 53.2 Å². The van der Waals surface area contributed by atoms with E-state index in [4.69, 9.17) is 14.2 Å². The number of aliphatic hydroxyl groups is 1. The highest BCUT2D eigenvalue weighted by Gasteiger charge is 2.76. The molecule has 5 fully saturated rings. The third kappa shape index (κ3) is 3.97.